The van der Waals surface area contributed by atoms with E-state index in [0.29, 0.717) is 5.84 Å². The lowest BCUT2D eigenvalue weighted by molar-refractivity contribution is 0.499. The van der Waals surface area contributed by atoms with Crippen molar-refractivity contribution in [3.05, 3.63) is 35.4 Å². The first-order chi connectivity index (χ1) is 6.65. The lowest BCUT2D eigenvalue weighted by Gasteiger charge is -2.19. The Morgan fingerprint density at radius 2 is 1.86 bits per heavy atom. The van der Waals surface area contributed by atoms with Crippen molar-refractivity contribution in [2.45, 2.75) is 20.3 Å². The average molecular weight is 190 g/mol. The fourth-order valence-electron chi connectivity index (χ4n) is 1.38. The van der Waals surface area contributed by atoms with Gasteiger partial charge in [-0.2, -0.15) is 0 Å². The fraction of sp³-hybridized carbons (Fsp3) is 0.417. The van der Waals surface area contributed by atoms with Crippen molar-refractivity contribution >= 4 is 5.84 Å². The van der Waals surface area contributed by atoms with Gasteiger partial charge >= 0.3 is 0 Å². The number of rotatable bonds is 3. The topological polar surface area (TPSA) is 27.1 Å². The smallest absolute Gasteiger partial charge is 0.127 e. The lowest BCUT2D eigenvalue weighted by Crippen LogP contribution is -2.27. The molecule has 0 aliphatic heterocycles. The van der Waals surface area contributed by atoms with E-state index in [1.807, 2.05) is 36.2 Å². The number of aryl methyl sites for hydroxylation is 1. The standard InChI is InChI=1S/C12H18N2/c1-4-9-14(3)12(13)11-7-5-10(2)6-8-11/h5-8,13H,4,9H2,1-3H3. The van der Waals surface area contributed by atoms with Crippen LogP contribution in [0.2, 0.25) is 0 Å². The Labute approximate surface area is 86.1 Å². The third-order valence-corrected chi connectivity index (χ3v) is 2.27. The van der Waals surface area contributed by atoms with Crippen LogP contribution in [0.4, 0.5) is 0 Å². The van der Waals surface area contributed by atoms with Crippen LogP contribution in [0.1, 0.15) is 24.5 Å². The van der Waals surface area contributed by atoms with Crippen LogP contribution < -0.4 is 0 Å². The molecule has 0 bridgehead atoms. The quantitative estimate of drug-likeness (QED) is 0.576. The Balaban J connectivity index is 2.74. The highest BCUT2D eigenvalue weighted by Gasteiger charge is 2.05. The molecule has 2 nitrogen and oxygen atoms in total. The second kappa shape index (κ2) is 4.80. The van der Waals surface area contributed by atoms with Crippen LogP contribution >= 0.6 is 0 Å². The predicted octanol–water partition coefficient (Wildman–Crippen LogP) is 2.66. The molecule has 0 aliphatic carbocycles. The number of hydrogen-bond acceptors (Lipinski definition) is 1. The molecule has 1 N–H and O–H groups in total. The molecule has 0 spiro atoms. The van der Waals surface area contributed by atoms with Gasteiger partial charge in [0, 0.05) is 19.2 Å². The van der Waals surface area contributed by atoms with E-state index in [4.69, 9.17) is 5.41 Å². The van der Waals surface area contributed by atoms with Crippen LogP contribution in [0.25, 0.3) is 0 Å². The van der Waals surface area contributed by atoms with Crippen molar-refractivity contribution in [2.24, 2.45) is 0 Å². The third-order valence-electron chi connectivity index (χ3n) is 2.27. The fourth-order valence-corrected chi connectivity index (χ4v) is 1.38. The highest BCUT2D eigenvalue weighted by Crippen LogP contribution is 2.06. The first-order valence-corrected chi connectivity index (χ1v) is 5.02. The molecule has 0 heterocycles. The summed E-state index contributed by atoms with van der Waals surface area (Å²) in [5.41, 5.74) is 2.23. The SMILES string of the molecule is CCCN(C)C(=N)c1ccc(C)cc1. The molecule has 0 unspecified atom stereocenters. The summed E-state index contributed by atoms with van der Waals surface area (Å²) in [6.45, 7) is 5.12. The van der Waals surface area contributed by atoms with Crippen molar-refractivity contribution in [3.8, 4) is 0 Å². The Bertz CT molecular complexity index is 301. The zero-order valence-electron chi connectivity index (χ0n) is 9.17. The number of amidine groups is 1. The van der Waals surface area contributed by atoms with Crippen molar-refractivity contribution < 1.29 is 0 Å². The van der Waals surface area contributed by atoms with Crippen molar-refractivity contribution in [2.75, 3.05) is 13.6 Å². The lowest BCUT2D eigenvalue weighted by atomic mass is 10.1. The van der Waals surface area contributed by atoms with Crippen LogP contribution in [0.15, 0.2) is 24.3 Å². The molecule has 1 rings (SSSR count). The van der Waals surface area contributed by atoms with Gasteiger partial charge < -0.3 is 4.90 Å². The summed E-state index contributed by atoms with van der Waals surface area (Å²) in [6, 6.07) is 8.10. The van der Waals surface area contributed by atoms with Gasteiger partial charge in [0.05, 0.1) is 0 Å². The molecule has 2 heteroatoms. The van der Waals surface area contributed by atoms with E-state index in [0.717, 1.165) is 18.5 Å². The monoisotopic (exact) mass is 190 g/mol. The Kier molecular flexibility index (Phi) is 3.69. The molecule has 0 saturated carbocycles. The Hall–Kier alpha value is -1.31. The highest BCUT2D eigenvalue weighted by molar-refractivity contribution is 5.96. The summed E-state index contributed by atoms with van der Waals surface area (Å²) in [5, 5.41) is 7.94. The zero-order valence-corrected chi connectivity index (χ0v) is 9.17. The molecule has 0 radical (unpaired) electrons. The van der Waals surface area contributed by atoms with E-state index >= 15 is 0 Å². The minimum absolute atomic E-state index is 0.604. The van der Waals surface area contributed by atoms with Crippen molar-refractivity contribution in [3.63, 3.8) is 0 Å². The minimum Gasteiger partial charge on any atom is -0.360 e. The Morgan fingerprint density at radius 3 is 2.36 bits per heavy atom. The summed E-state index contributed by atoms with van der Waals surface area (Å²) in [7, 11) is 1.96. The largest absolute Gasteiger partial charge is 0.360 e. The molecule has 0 atom stereocenters. The summed E-state index contributed by atoms with van der Waals surface area (Å²) in [4.78, 5) is 1.98. The van der Waals surface area contributed by atoms with E-state index in [1.165, 1.54) is 5.56 Å². The molecule has 14 heavy (non-hydrogen) atoms. The second-order valence-electron chi connectivity index (χ2n) is 3.64. The first-order valence-electron chi connectivity index (χ1n) is 5.02. The molecule has 1 aromatic carbocycles. The summed E-state index contributed by atoms with van der Waals surface area (Å²) in [6.07, 6.45) is 1.07. The minimum atomic E-state index is 0.604. The summed E-state index contributed by atoms with van der Waals surface area (Å²) < 4.78 is 0. The molecule has 0 aromatic heterocycles. The van der Waals surface area contributed by atoms with Gasteiger partial charge in [0.15, 0.2) is 0 Å². The van der Waals surface area contributed by atoms with Gasteiger partial charge in [0.1, 0.15) is 5.84 Å². The van der Waals surface area contributed by atoms with Crippen molar-refractivity contribution in [1.82, 2.24) is 4.90 Å². The summed E-state index contributed by atoms with van der Waals surface area (Å²) >= 11 is 0. The molecular weight excluding hydrogens is 172 g/mol. The second-order valence-corrected chi connectivity index (χ2v) is 3.64. The normalized spacial score (nSPS) is 9.93. The maximum Gasteiger partial charge on any atom is 0.127 e. The average Bonchev–Trinajstić information content (AvgIpc) is 2.18. The van der Waals surface area contributed by atoms with Crippen LogP contribution in [-0.2, 0) is 0 Å². The van der Waals surface area contributed by atoms with Crippen LogP contribution in [-0.4, -0.2) is 24.3 Å². The molecule has 0 aliphatic rings. The van der Waals surface area contributed by atoms with E-state index < -0.39 is 0 Å². The predicted molar refractivity (Wildman–Crippen MR) is 60.9 cm³/mol. The molecule has 1 aromatic rings. The van der Waals surface area contributed by atoms with Gasteiger partial charge in [-0.3, -0.25) is 5.41 Å². The van der Waals surface area contributed by atoms with Gasteiger partial charge in [0.2, 0.25) is 0 Å². The Morgan fingerprint density at radius 1 is 1.29 bits per heavy atom. The van der Waals surface area contributed by atoms with E-state index in [9.17, 15) is 0 Å². The van der Waals surface area contributed by atoms with E-state index in [1.54, 1.807) is 0 Å². The van der Waals surface area contributed by atoms with Crippen LogP contribution in [0, 0.1) is 12.3 Å². The van der Waals surface area contributed by atoms with Gasteiger partial charge in [-0.15, -0.1) is 0 Å². The van der Waals surface area contributed by atoms with E-state index in [2.05, 4.69) is 13.8 Å². The molecular formula is C12H18N2. The maximum atomic E-state index is 7.94. The van der Waals surface area contributed by atoms with E-state index in [-0.39, 0.29) is 0 Å². The highest BCUT2D eigenvalue weighted by atomic mass is 15.1. The summed E-state index contributed by atoms with van der Waals surface area (Å²) in [5.74, 6) is 0.604. The van der Waals surface area contributed by atoms with Crippen LogP contribution in [0.3, 0.4) is 0 Å². The van der Waals surface area contributed by atoms with Crippen LogP contribution in [0.5, 0.6) is 0 Å². The number of nitrogens with one attached hydrogen (secondary N) is 1. The van der Waals surface area contributed by atoms with Gasteiger partial charge in [-0.05, 0) is 13.3 Å². The van der Waals surface area contributed by atoms with Gasteiger partial charge in [-0.25, -0.2) is 0 Å². The van der Waals surface area contributed by atoms with Gasteiger partial charge in [-0.1, -0.05) is 36.8 Å². The number of hydrogen-bond donors (Lipinski definition) is 1. The molecule has 0 saturated heterocycles. The number of nitrogens with zero attached hydrogens (tertiary/aromatic N) is 1. The molecule has 0 fully saturated rings. The maximum absolute atomic E-state index is 7.94. The zero-order chi connectivity index (χ0) is 10.6. The van der Waals surface area contributed by atoms with Crippen molar-refractivity contribution in [1.29, 1.82) is 5.41 Å². The molecule has 0 amide bonds. The number of benzene rings is 1. The molecule has 76 valence electrons. The van der Waals surface area contributed by atoms with Gasteiger partial charge in [0.25, 0.3) is 0 Å². The first kappa shape index (κ1) is 10.8. The third kappa shape index (κ3) is 2.59.